The van der Waals surface area contributed by atoms with Gasteiger partial charge in [0, 0.05) is 19.3 Å². The third kappa shape index (κ3) is 4.22. The number of carbonyl (C=O) groups excluding carboxylic acids is 1. The van der Waals surface area contributed by atoms with E-state index in [1.807, 2.05) is 6.07 Å². The van der Waals surface area contributed by atoms with Crippen LogP contribution < -0.4 is 5.32 Å². The van der Waals surface area contributed by atoms with Gasteiger partial charge in [0.15, 0.2) is 5.82 Å². The fourth-order valence-electron chi connectivity index (χ4n) is 3.29. The minimum atomic E-state index is 0.102. The number of aromatic nitrogens is 2. The number of carbonyl (C=O) groups is 1. The first kappa shape index (κ1) is 16.7. The summed E-state index contributed by atoms with van der Waals surface area (Å²) in [5, 5.41) is 7.12. The molecule has 0 spiro atoms. The summed E-state index contributed by atoms with van der Waals surface area (Å²) in [6.07, 6.45) is 6.98. The number of amides is 1. The molecule has 1 N–H and O–H groups in total. The zero-order valence-corrected chi connectivity index (χ0v) is 14.3. The number of fused-ring (bicyclic) bond motifs is 1. The summed E-state index contributed by atoms with van der Waals surface area (Å²) in [5.41, 5.74) is 2.64. The maximum atomic E-state index is 12.2. The van der Waals surface area contributed by atoms with E-state index < -0.39 is 0 Å². The van der Waals surface area contributed by atoms with Gasteiger partial charge in [0.2, 0.25) is 11.8 Å². The molecule has 1 amide bonds. The highest BCUT2D eigenvalue weighted by Crippen LogP contribution is 2.29. The molecule has 1 aromatic carbocycles. The molecule has 0 aliphatic heterocycles. The first-order valence-corrected chi connectivity index (χ1v) is 8.95. The van der Waals surface area contributed by atoms with E-state index >= 15 is 0 Å². The second-order valence-corrected chi connectivity index (χ2v) is 6.42. The lowest BCUT2D eigenvalue weighted by Gasteiger charge is -2.26. The molecule has 2 aromatic rings. The Labute approximate surface area is 142 Å². The van der Waals surface area contributed by atoms with Gasteiger partial charge in [-0.25, -0.2) is 0 Å². The highest BCUT2D eigenvalue weighted by molar-refractivity contribution is 5.76. The highest BCUT2D eigenvalue weighted by Gasteiger charge is 2.21. The summed E-state index contributed by atoms with van der Waals surface area (Å²) < 4.78 is 5.20. The molecule has 1 atom stereocenters. The Kier molecular flexibility index (Phi) is 5.62. The normalized spacial score (nSPS) is 16.6. The Bertz CT molecular complexity index is 681. The highest BCUT2D eigenvalue weighted by atomic mass is 16.5. The Balaban J connectivity index is 1.46. The SMILES string of the molecule is CCCc1noc(CCCC(=O)N[C@H]2CCCc3ccccc32)n1. The van der Waals surface area contributed by atoms with Gasteiger partial charge in [-0.2, -0.15) is 4.98 Å². The lowest BCUT2D eigenvalue weighted by molar-refractivity contribution is -0.122. The van der Waals surface area contributed by atoms with E-state index in [-0.39, 0.29) is 11.9 Å². The van der Waals surface area contributed by atoms with Gasteiger partial charge < -0.3 is 9.84 Å². The Morgan fingerprint density at radius 3 is 3.08 bits per heavy atom. The van der Waals surface area contributed by atoms with E-state index in [0.717, 1.165) is 44.3 Å². The fraction of sp³-hybridized carbons (Fsp3) is 0.526. The van der Waals surface area contributed by atoms with Crippen molar-refractivity contribution < 1.29 is 9.32 Å². The quantitative estimate of drug-likeness (QED) is 0.844. The average Bonchev–Trinajstić information content (AvgIpc) is 3.03. The molecule has 5 nitrogen and oxygen atoms in total. The van der Waals surface area contributed by atoms with Crippen LogP contribution in [0.25, 0.3) is 0 Å². The molecule has 0 fully saturated rings. The smallest absolute Gasteiger partial charge is 0.226 e. The zero-order chi connectivity index (χ0) is 16.8. The maximum absolute atomic E-state index is 12.2. The molecule has 0 saturated carbocycles. The maximum Gasteiger partial charge on any atom is 0.226 e. The topological polar surface area (TPSA) is 68.0 Å². The van der Waals surface area contributed by atoms with Crippen molar-refractivity contribution in [1.82, 2.24) is 15.5 Å². The largest absolute Gasteiger partial charge is 0.349 e. The predicted octanol–water partition coefficient (Wildman–Crippen LogP) is 3.54. The van der Waals surface area contributed by atoms with Crippen LogP contribution in [-0.4, -0.2) is 16.0 Å². The second-order valence-electron chi connectivity index (χ2n) is 6.42. The van der Waals surface area contributed by atoms with Gasteiger partial charge >= 0.3 is 0 Å². The standard InChI is InChI=1S/C19H25N3O2/c1-2-7-17-21-19(24-22-17)13-6-12-18(23)20-16-11-5-9-14-8-3-4-10-15(14)16/h3-4,8,10,16H,2,5-7,9,11-13H2,1H3,(H,20,23)/t16-/m0/s1. The Hall–Kier alpha value is -2.17. The van der Waals surface area contributed by atoms with Crippen LogP contribution in [0.5, 0.6) is 0 Å². The molecule has 3 rings (SSSR count). The van der Waals surface area contributed by atoms with E-state index in [0.29, 0.717) is 18.7 Å². The summed E-state index contributed by atoms with van der Waals surface area (Å²) >= 11 is 0. The molecule has 0 saturated heterocycles. The van der Waals surface area contributed by atoms with E-state index in [1.54, 1.807) is 0 Å². The Morgan fingerprint density at radius 1 is 1.33 bits per heavy atom. The van der Waals surface area contributed by atoms with E-state index in [4.69, 9.17) is 4.52 Å². The summed E-state index contributed by atoms with van der Waals surface area (Å²) in [5.74, 6) is 1.50. The Morgan fingerprint density at radius 2 is 2.21 bits per heavy atom. The number of aryl methyl sites for hydroxylation is 3. The number of benzene rings is 1. The lowest BCUT2D eigenvalue weighted by Crippen LogP contribution is -2.30. The van der Waals surface area contributed by atoms with Crippen LogP contribution in [0.4, 0.5) is 0 Å². The van der Waals surface area contributed by atoms with Crippen molar-refractivity contribution in [2.45, 2.75) is 64.3 Å². The minimum absolute atomic E-state index is 0.102. The molecule has 5 heteroatoms. The first-order chi connectivity index (χ1) is 11.8. The zero-order valence-electron chi connectivity index (χ0n) is 14.3. The monoisotopic (exact) mass is 327 g/mol. The first-order valence-electron chi connectivity index (χ1n) is 8.95. The van der Waals surface area contributed by atoms with Crippen molar-refractivity contribution in [2.24, 2.45) is 0 Å². The predicted molar refractivity (Wildman–Crippen MR) is 91.5 cm³/mol. The van der Waals surface area contributed by atoms with Gasteiger partial charge in [-0.3, -0.25) is 4.79 Å². The molecule has 1 aromatic heterocycles. The molecular formula is C19H25N3O2. The molecule has 0 unspecified atom stereocenters. The molecule has 0 bridgehead atoms. The average molecular weight is 327 g/mol. The van der Waals surface area contributed by atoms with Gasteiger partial charge in [-0.1, -0.05) is 36.3 Å². The van der Waals surface area contributed by atoms with Crippen molar-refractivity contribution in [2.75, 3.05) is 0 Å². The van der Waals surface area contributed by atoms with Crippen LogP contribution in [0.2, 0.25) is 0 Å². The number of hydrogen-bond donors (Lipinski definition) is 1. The van der Waals surface area contributed by atoms with Gasteiger partial charge in [-0.05, 0) is 43.2 Å². The lowest BCUT2D eigenvalue weighted by atomic mass is 9.87. The van der Waals surface area contributed by atoms with Crippen molar-refractivity contribution in [3.63, 3.8) is 0 Å². The van der Waals surface area contributed by atoms with Crippen molar-refractivity contribution in [1.29, 1.82) is 0 Å². The summed E-state index contributed by atoms with van der Waals surface area (Å²) in [6, 6.07) is 8.57. The third-order valence-corrected chi connectivity index (χ3v) is 4.48. The van der Waals surface area contributed by atoms with Crippen LogP contribution in [0, 0.1) is 0 Å². The molecule has 24 heavy (non-hydrogen) atoms. The third-order valence-electron chi connectivity index (χ3n) is 4.48. The van der Waals surface area contributed by atoms with E-state index in [9.17, 15) is 4.79 Å². The van der Waals surface area contributed by atoms with Gasteiger partial charge in [0.1, 0.15) is 0 Å². The number of hydrogen-bond acceptors (Lipinski definition) is 4. The van der Waals surface area contributed by atoms with Crippen molar-refractivity contribution >= 4 is 5.91 Å². The minimum Gasteiger partial charge on any atom is -0.349 e. The van der Waals surface area contributed by atoms with Gasteiger partial charge in [0.25, 0.3) is 0 Å². The van der Waals surface area contributed by atoms with Crippen LogP contribution in [0.1, 0.15) is 67.9 Å². The molecule has 1 aliphatic rings. The van der Waals surface area contributed by atoms with Crippen LogP contribution in [-0.2, 0) is 24.1 Å². The van der Waals surface area contributed by atoms with Crippen LogP contribution >= 0.6 is 0 Å². The molecule has 128 valence electrons. The van der Waals surface area contributed by atoms with Gasteiger partial charge in [-0.15, -0.1) is 0 Å². The summed E-state index contributed by atoms with van der Waals surface area (Å²) in [7, 11) is 0. The molecule has 0 radical (unpaired) electrons. The van der Waals surface area contributed by atoms with Crippen LogP contribution in [0.3, 0.4) is 0 Å². The number of rotatable bonds is 7. The summed E-state index contributed by atoms with van der Waals surface area (Å²) in [6.45, 7) is 2.09. The van der Waals surface area contributed by atoms with Crippen LogP contribution in [0.15, 0.2) is 28.8 Å². The molecular weight excluding hydrogens is 302 g/mol. The van der Waals surface area contributed by atoms with E-state index in [2.05, 4.69) is 40.6 Å². The fourth-order valence-corrected chi connectivity index (χ4v) is 3.29. The second kappa shape index (κ2) is 8.08. The van der Waals surface area contributed by atoms with Crippen molar-refractivity contribution in [3.8, 4) is 0 Å². The number of nitrogens with zero attached hydrogens (tertiary/aromatic N) is 2. The van der Waals surface area contributed by atoms with E-state index in [1.165, 1.54) is 11.1 Å². The molecule has 1 heterocycles. The van der Waals surface area contributed by atoms with Gasteiger partial charge in [0.05, 0.1) is 6.04 Å². The van der Waals surface area contributed by atoms with Crippen molar-refractivity contribution in [3.05, 3.63) is 47.1 Å². The molecule has 1 aliphatic carbocycles. The number of nitrogens with one attached hydrogen (secondary N) is 1. The summed E-state index contributed by atoms with van der Waals surface area (Å²) in [4.78, 5) is 16.6.